The lowest BCUT2D eigenvalue weighted by Crippen LogP contribution is -2.28. The van der Waals surface area contributed by atoms with E-state index in [1.54, 1.807) is 21.3 Å². The predicted octanol–water partition coefficient (Wildman–Crippen LogP) is 2.02. The average molecular weight is 278 g/mol. The van der Waals surface area contributed by atoms with Crippen molar-refractivity contribution in [3.05, 3.63) is 17.7 Å². The third-order valence-corrected chi connectivity index (χ3v) is 3.13. The van der Waals surface area contributed by atoms with Crippen molar-refractivity contribution in [2.75, 3.05) is 21.3 Å². The van der Waals surface area contributed by atoms with E-state index in [-0.39, 0.29) is 6.04 Å². The van der Waals surface area contributed by atoms with Gasteiger partial charge >= 0.3 is 0 Å². The molecule has 0 aromatic heterocycles. The molecule has 0 aliphatic heterocycles. The summed E-state index contributed by atoms with van der Waals surface area (Å²) in [7, 11) is 4.76. The Balaban J connectivity index is 3.12. The van der Waals surface area contributed by atoms with E-state index in [9.17, 15) is 0 Å². The number of nitrogens with one attached hydrogen (secondary N) is 1. The first-order valence-corrected chi connectivity index (χ1v) is 6.41. The molecule has 1 aromatic carbocycles. The summed E-state index contributed by atoms with van der Waals surface area (Å²) in [5.41, 5.74) is 3.72. The van der Waals surface area contributed by atoms with Crippen LogP contribution in [0.2, 0.25) is 0 Å². The van der Waals surface area contributed by atoms with E-state index in [0.29, 0.717) is 23.7 Å². The number of benzene rings is 1. The summed E-state index contributed by atoms with van der Waals surface area (Å²) in [5.74, 6) is 10.1. The van der Waals surface area contributed by atoms with Crippen molar-refractivity contribution in [3.63, 3.8) is 0 Å². The Labute approximate surface area is 120 Å². The fourth-order valence-corrected chi connectivity index (χ4v) is 2.14. The van der Waals surface area contributed by atoms with Gasteiger partial charge in [-0.05, 0) is 25.0 Å². The third kappa shape index (κ3) is 3.56. The van der Waals surface area contributed by atoms with E-state index in [1.165, 1.54) is 0 Å². The highest BCUT2D eigenvalue weighted by Gasteiger charge is 2.21. The first-order valence-electron chi connectivity index (χ1n) is 6.41. The first-order chi connectivity index (χ1) is 9.73. The molecule has 0 amide bonds. The number of ether oxygens (including phenoxy) is 3. The number of hydrogen-bond acceptors (Lipinski definition) is 5. The van der Waals surface area contributed by atoms with Gasteiger partial charge in [0.25, 0.3) is 0 Å². The average Bonchev–Trinajstić information content (AvgIpc) is 2.50. The van der Waals surface area contributed by atoms with Gasteiger partial charge in [0.2, 0.25) is 5.75 Å². The lowest BCUT2D eigenvalue weighted by atomic mass is 10.00. The fraction of sp³-hybridized carbons (Fsp3) is 0.467. The Morgan fingerprint density at radius 2 is 1.90 bits per heavy atom. The molecule has 0 bridgehead atoms. The van der Waals surface area contributed by atoms with Gasteiger partial charge in [0.15, 0.2) is 11.5 Å². The number of terminal acetylenes is 1. The van der Waals surface area contributed by atoms with Crippen LogP contribution in [0.5, 0.6) is 17.2 Å². The number of methoxy groups -OCH3 is 3. The maximum atomic E-state index is 5.64. The molecule has 0 spiro atoms. The molecule has 0 heterocycles. The lowest BCUT2D eigenvalue weighted by molar-refractivity contribution is 0.318. The molecule has 0 fully saturated rings. The zero-order valence-corrected chi connectivity index (χ0v) is 12.2. The van der Waals surface area contributed by atoms with Crippen molar-refractivity contribution >= 4 is 0 Å². The summed E-state index contributed by atoms with van der Waals surface area (Å²) in [6.45, 7) is 0. The maximum Gasteiger partial charge on any atom is 0.203 e. The first kappa shape index (κ1) is 16.2. The third-order valence-electron chi connectivity index (χ3n) is 3.13. The minimum atomic E-state index is -0.0573. The topological polar surface area (TPSA) is 65.7 Å². The van der Waals surface area contributed by atoms with Crippen molar-refractivity contribution in [2.45, 2.75) is 25.3 Å². The Kier molecular flexibility index (Phi) is 6.71. The molecule has 1 rings (SSSR count). The second-order valence-electron chi connectivity index (χ2n) is 4.24. The highest BCUT2D eigenvalue weighted by atomic mass is 16.5. The van der Waals surface area contributed by atoms with Crippen molar-refractivity contribution in [1.29, 1.82) is 0 Å². The predicted molar refractivity (Wildman–Crippen MR) is 78.8 cm³/mol. The van der Waals surface area contributed by atoms with E-state index in [4.69, 9.17) is 26.5 Å². The molecule has 0 aliphatic carbocycles. The van der Waals surface area contributed by atoms with E-state index in [1.807, 2.05) is 12.1 Å². The maximum absolute atomic E-state index is 5.64. The zero-order chi connectivity index (χ0) is 15.0. The Morgan fingerprint density at radius 1 is 1.20 bits per heavy atom. The SMILES string of the molecule is C#CCCCC(NN)c1ccc(OC)c(OC)c1OC. The van der Waals surface area contributed by atoms with Crippen LogP contribution < -0.4 is 25.5 Å². The van der Waals surface area contributed by atoms with Crippen LogP contribution >= 0.6 is 0 Å². The molecule has 5 nitrogen and oxygen atoms in total. The van der Waals surface area contributed by atoms with Crippen LogP contribution in [0.3, 0.4) is 0 Å². The molecule has 0 saturated carbocycles. The van der Waals surface area contributed by atoms with Crippen molar-refractivity contribution < 1.29 is 14.2 Å². The van der Waals surface area contributed by atoms with Gasteiger partial charge in [-0.15, -0.1) is 12.3 Å². The van der Waals surface area contributed by atoms with Crippen LogP contribution in [0, 0.1) is 12.3 Å². The molecule has 5 heteroatoms. The van der Waals surface area contributed by atoms with Crippen LogP contribution in [-0.2, 0) is 0 Å². The highest BCUT2D eigenvalue weighted by molar-refractivity contribution is 5.56. The van der Waals surface area contributed by atoms with Crippen molar-refractivity contribution in [3.8, 4) is 29.6 Å². The second kappa shape index (κ2) is 8.31. The summed E-state index contributed by atoms with van der Waals surface area (Å²) in [6.07, 6.45) is 7.68. The van der Waals surface area contributed by atoms with Gasteiger partial charge in [0.1, 0.15) is 0 Å². The molecule has 3 N–H and O–H groups in total. The molecule has 1 unspecified atom stereocenters. The van der Waals surface area contributed by atoms with Crippen LogP contribution in [-0.4, -0.2) is 21.3 Å². The van der Waals surface area contributed by atoms with E-state index >= 15 is 0 Å². The van der Waals surface area contributed by atoms with Crippen LogP contribution in [0.25, 0.3) is 0 Å². The molecule has 1 aromatic rings. The summed E-state index contributed by atoms with van der Waals surface area (Å²) in [6, 6.07) is 3.70. The molecule has 0 radical (unpaired) electrons. The monoisotopic (exact) mass is 278 g/mol. The summed E-state index contributed by atoms with van der Waals surface area (Å²) >= 11 is 0. The number of rotatable bonds is 8. The highest BCUT2D eigenvalue weighted by Crippen LogP contribution is 2.42. The zero-order valence-electron chi connectivity index (χ0n) is 12.2. The van der Waals surface area contributed by atoms with Gasteiger partial charge in [-0.1, -0.05) is 0 Å². The number of hydrogen-bond donors (Lipinski definition) is 2. The molecule has 0 saturated heterocycles. The van der Waals surface area contributed by atoms with Crippen LogP contribution in [0.1, 0.15) is 30.9 Å². The number of hydrazine groups is 1. The van der Waals surface area contributed by atoms with E-state index < -0.39 is 0 Å². The van der Waals surface area contributed by atoms with E-state index in [0.717, 1.165) is 18.4 Å². The van der Waals surface area contributed by atoms with Crippen molar-refractivity contribution in [1.82, 2.24) is 5.43 Å². The standard InChI is InChI=1S/C15H22N2O3/c1-5-6-7-8-12(17-16)11-9-10-13(18-2)15(20-4)14(11)19-3/h1,9-10,12,17H,6-8,16H2,2-4H3. The smallest absolute Gasteiger partial charge is 0.203 e. The van der Waals surface area contributed by atoms with Gasteiger partial charge in [-0.25, -0.2) is 0 Å². The van der Waals surface area contributed by atoms with Gasteiger partial charge < -0.3 is 14.2 Å². The summed E-state index contributed by atoms with van der Waals surface area (Å²) < 4.78 is 16.1. The summed E-state index contributed by atoms with van der Waals surface area (Å²) in [5, 5.41) is 0. The van der Waals surface area contributed by atoms with Crippen LogP contribution in [0.15, 0.2) is 12.1 Å². The summed E-state index contributed by atoms with van der Waals surface area (Å²) in [4.78, 5) is 0. The van der Waals surface area contributed by atoms with Gasteiger partial charge in [0, 0.05) is 18.0 Å². The van der Waals surface area contributed by atoms with Gasteiger partial charge in [0.05, 0.1) is 21.3 Å². The molecule has 110 valence electrons. The molecule has 1 atom stereocenters. The molecule has 20 heavy (non-hydrogen) atoms. The minimum Gasteiger partial charge on any atom is -0.493 e. The molecular formula is C15H22N2O3. The van der Waals surface area contributed by atoms with Gasteiger partial charge in [-0.3, -0.25) is 11.3 Å². The Morgan fingerprint density at radius 3 is 2.40 bits per heavy atom. The van der Waals surface area contributed by atoms with E-state index in [2.05, 4.69) is 11.3 Å². The number of nitrogens with two attached hydrogens (primary N) is 1. The second-order valence-corrected chi connectivity index (χ2v) is 4.24. The lowest BCUT2D eigenvalue weighted by Gasteiger charge is -2.21. The van der Waals surface area contributed by atoms with Gasteiger partial charge in [-0.2, -0.15) is 0 Å². The van der Waals surface area contributed by atoms with Crippen molar-refractivity contribution in [2.24, 2.45) is 5.84 Å². The number of unbranched alkanes of at least 4 members (excludes halogenated alkanes) is 1. The van der Waals surface area contributed by atoms with Crippen LogP contribution in [0.4, 0.5) is 0 Å². The Bertz CT molecular complexity index is 469. The molecule has 0 aliphatic rings. The quantitative estimate of drug-likeness (QED) is 0.329. The fourth-order valence-electron chi connectivity index (χ4n) is 2.14. The largest absolute Gasteiger partial charge is 0.493 e. The minimum absolute atomic E-state index is 0.0573. The Hall–Kier alpha value is -1.90. The normalized spacial score (nSPS) is 11.6. The molecular weight excluding hydrogens is 256 g/mol.